The first-order valence-corrected chi connectivity index (χ1v) is 15.0. The molecule has 4 rings (SSSR count). The third kappa shape index (κ3) is 5.19. The van der Waals surface area contributed by atoms with Crippen LogP contribution in [0.15, 0.2) is 24.3 Å². The van der Waals surface area contributed by atoms with E-state index in [2.05, 4.69) is 52.8 Å². The van der Waals surface area contributed by atoms with Crippen LogP contribution < -0.4 is 0 Å². The van der Waals surface area contributed by atoms with Crippen molar-refractivity contribution in [3.8, 4) is 0 Å². The lowest BCUT2D eigenvalue weighted by atomic mass is 9.74. The third-order valence-electron chi connectivity index (χ3n) is 8.50. The molecule has 2 amide bonds. The Kier molecular flexibility index (Phi) is 8.17. The van der Waals surface area contributed by atoms with E-state index in [9.17, 15) is 19.5 Å². The highest BCUT2D eigenvalue weighted by Crippen LogP contribution is 2.65. The Morgan fingerprint density at radius 1 is 1.03 bits per heavy atom. The Hall–Kier alpha value is -1.80. The highest BCUT2D eigenvalue weighted by Gasteiger charge is 2.74. The Bertz CT molecular complexity index is 1000. The quantitative estimate of drug-likeness (QED) is 0.303. The molecule has 1 N–H and O–H groups in total. The predicted octanol–water partition coefficient (Wildman–Crippen LogP) is 4.34. The minimum atomic E-state index is -0.864. The summed E-state index contributed by atoms with van der Waals surface area (Å²) >= 11 is 1.60. The largest absolute Gasteiger partial charge is 0.465 e. The molecule has 0 saturated carbocycles. The smallest absolute Gasteiger partial charge is 0.311 e. The summed E-state index contributed by atoms with van der Waals surface area (Å²) in [6, 6.07) is -0.711. The van der Waals surface area contributed by atoms with Crippen molar-refractivity contribution in [2.24, 2.45) is 17.3 Å². The van der Waals surface area contributed by atoms with E-state index in [1.807, 2.05) is 17.9 Å². The van der Waals surface area contributed by atoms with Crippen LogP contribution in [0.4, 0.5) is 0 Å². The number of hydrogen-bond acceptors (Lipinski definition) is 6. The van der Waals surface area contributed by atoms with Gasteiger partial charge in [0.25, 0.3) is 0 Å². The first-order chi connectivity index (χ1) is 17.8. The van der Waals surface area contributed by atoms with Gasteiger partial charge in [-0.25, -0.2) is 0 Å². The second-order valence-electron chi connectivity index (χ2n) is 13.4. The van der Waals surface area contributed by atoms with E-state index in [0.29, 0.717) is 32.5 Å². The maximum absolute atomic E-state index is 14.6. The van der Waals surface area contributed by atoms with Crippen LogP contribution >= 0.6 is 11.8 Å². The summed E-state index contributed by atoms with van der Waals surface area (Å²) in [5, 5.41) is 9.42. The number of aliphatic hydroxyl groups excluding tert-OH is 1. The Morgan fingerprint density at radius 2 is 1.76 bits per heavy atom. The number of amides is 2. The number of rotatable bonds is 6. The number of hydrogen-bond donors (Lipinski definition) is 1. The van der Waals surface area contributed by atoms with Crippen LogP contribution in [0, 0.1) is 17.3 Å². The van der Waals surface area contributed by atoms with E-state index in [-0.39, 0.29) is 29.8 Å². The number of allylic oxidation sites excluding steroid dienone is 1. The number of thioether (sulfide) groups is 1. The molecule has 0 aromatic rings. The molecule has 4 aliphatic heterocycles. The van der Waals surface area contributed by atoms with Crippen molar-refractivity contribution in [3.63, 3.8) is 0 Å². The van der Waals surface area contributed by atoms with Crippen LogP contribution in [0.2, 0.25) is 0 Å². The zero-order chi connectivity index (χ0) is 27.9. The molecule has 0 aromatic heterocycles. The van der Waals surface area contributed by atoms with Gasteiger partial charge in [-0.2, -0.15) is 0 Å². The van der Waals surface area contributed by atoms with Crippen LogP contribution in [0.3, 0.4) is 0 Å². The summed E-state index contributed by atoms with van der Waals surface area (Å²) in [4.78, 5) is 46.2. The highest BCUT2D eigenvalue weighted by atomic mass is 32.2. The van der Waals surface area contributed by atoms with Gasteiger partial charge in [-0.3, -0.25) is 14.4 Å². The number of carbonyl (C=O) groups is 3. The summed E-state index contributed by atoms with van der Waals surface area (Å²) < 4.78 is 4.22. The Balaban J connectivity index is 1.82. The average Bonchev–Trinajstić information content (AvgIpc) is 3.11. The highest BCUT2D eigenvalue weighted by molar-refractivity contribution is 8.02. The summed E-state index contributed by atoms with van der Waals surface area (Å²) in [5.74, 6) is -1.90. The van der Waals surface area contributed by atoms with E-state index in [0.717, 1.165) is 25.7 Å². The molecule has 0 aromatic carbocycles. The first kappa shape index (κ1) is 29.2. The van der Waals surface area contributed by atoms with Crippen molar-refractivity contribution in [1.29, 1.82) is 0 Å². The number of esters is 1. The predicted molar refractivity (Wildman–Crippen MR) is 150 cm³/mol. The number of likely N-dealkylation sites (tertiary alicyclic amines) is 1. The molecule has 0 bridgehead atoms. The number of unbranched alkanes of at least 4 members (excludes halogenated alkanes) is 1. The fraction of sp³-hybridized carbons (Fsp3) is 0.767. The summed E-state index contributed by atoms with van der Waals surface area (Å²) in [5.41, 5.74) is -0.411. The van der Waals surface area contributed by atoms with Gasteiger partial charge in [0.2, 0.25) is 11.8 Å². The maximum atomic E-state index is 14.6. The second kappa shape index (κ2) is 10.6. The fourth-order valence-corrected chi connectivity index (χ4v) is 9.52. The van der Waals surface area contributed by atoms with Crippen molar-refractivity contribution < 1.29 is 24.2 Å². The molecular weight excluding hydrogens is 500 g/mol. The van der Waals surface area contributed by atoms with Gasteiger partial charge in [0, 0.05) is 30.0 Å². The van der Waals surface area contributed by atoms with Crippen molar-refractivity contribution >= 4 is 29.5 Å². The third-order valence-corrected chi connectivity index (χ3v) is 10.3. The lowest BCUT2D eigenvalue weighted by Crippen LogP contribution is -2.58. The van der Waals surface area contributed by atoms with E-state index in [1.54, 1.807) is 16.7 Å². The molecule has 4 heterocycles. The van der Waals surface area contributed by atoms with E-state index in [1.165, 1.54) is 0 Å². The van der Waals surface area contributed by atoms with Crippen LogP contribution in [0.25, 0.3) is 0 Å². The monoisotopic (exact) mass is 546 g/mol. The topological polar surface area (TPSA) is 87.2 Å². The molecule has 7 nitrogen and oxygen atoms in total. The minimum Gasteiger partial charge on any atom is -0.465 e. The molecule has 8 heteroatoms. The number of aliphatic hydroxyl groups is 1. The van der Waals surface area contributed by atoms with Crippen LogP contribution in [0.5, 0.6) is 0 Å². The van der Waals surface area contributed by atoms with Gasteiger partial charge in [-0.1, -0.05) is 45.1 Å². The SMILES string of the molecule is CC(C)(C)CC(C)(C)N1CC=C[C@]23S[C@]4(C)/C=C\CCCCOC(=O)[C@@H]4[C@H]2C(=O)N(CCCCO)C3C1=O. The van der Waals surface area contributed by atoms with Crippen molar-refractivity contribution in [2.75, 3.05) is 26.3 Å². The molecule has 1 spiro atoms. The maximum Gasteiger partial charge on any atom is 0.311 e. The molecule has 2 saturated heterocycles. The minimum absolute atomic E-state index is 0.0128. The van der Waals surface area contributed by atoms with Crippen molar-refractivity contribution in [3.05, 3.63) is 24.3 Å². The lowest BCUT2D eigenvalue weighted by molar-refractivity contribution is -0.154. The number of ether oxygens (including phenoxy) is 1. The fourth-order valence-electron chi connectivity index (χ4n) is 7.37. The molecule has 0 aliphatic carbocycles. The van der Waals surface area contributed by atoms with Crippen molar-refractivity contribution in [1.82, 2.24) is 9.80 Å². The standard InChI is InChI=1S/C30H46N2O5S/c1-27(2,3)20-28(4,5)32-17-13-15-30-21(24(34)31(16-10-11-18-33)23(30)25(32)35)22-26(36)37-19-12-8-7-9-14-29(22,6)38-30/h9,13-15,21-23,33H,7-8,10-12,16-20H2,1-6H3/b14-9-/t21-,22-,23?,29+,30-/m0/s1. The summed E-state index contributed by atoms with van der Waals surface area (Å²) in [6.07, 6.45) is 12.9. The molecule has 4 aliphatic rings. The number of carbonyl (C=O) groups excluding carboxylic acids is 3. The van der Waals surface area contributed by atoms with E-state index >= 15 is 0 Å². The molecule has 2 fully saturated rings. The van der Waals surface area contributed by atoms with Gasteiger partial charge >= 0.3 is 5.97 Å². The first-order valence-electron chi connectivity index (χ1n) is 14.2. The van der Waals surface area contributed by atoms with Gasteiger partial charge in [0.15, 0.2) is 0 Å². The van der Waals surface area contributed by atoms with Gasteiger partial charge in [0.05, 0.1) is 23.2 Å². The zero-order valence-corrected chi connectivity index (χ0v) is 24.8. The molecule has 1 unspecified atom stereocenters. The van der Waals surface area contributed by atoms with Crippen molar-refractivity contribution in [2.45, 2.75) is 101 Å². The zero-order valence-electron chi connectivity index (χ0n) is 24.0. The molecule has 5 atom stereocenters. The van der Waals surface area contributed by atoms with Gasteiger partial charge in [-0.05, 0) is 64.7 Å². The molecule has 212 valence electrons. The lowest BCUT2D eigenvalue weighted by Gasteiger charge is -2.44. The molecule has 38 heavy (non-hydrogen) atoms. The van der Waals surface area contributed by atoms with E-state index in [4.69, 9.17) is 4.74 Å². The summed E-state index contributed by atoms with van der Waals surface area (Å²) in [6.45, 7) is 14.0. The number of cyclic esters (lactones) is 1. The molecular formula is C30H46N2O5S. The summed E-state index contributed by atoms with van der Waals surface area (Å²) in [7, 11) is 0. The second-order valence-corrected chi connectivity index (χ2v) is 15.2. The van der Waals surface area contributed by atoms with Crippen LogP contribution in [-0.4, -0.2) is 80.1 Å². The van der Waals surface area contributed by atoms with Gasteiger partial charge in [0.1, 0.15) is 6.04 Å². The molecule has 0 radical (unpaired) electrons. The van der Waals surface area contributed by atoms with E-state index < -0.39 is 32.9 Å². The normalized spacial score (nSPS) is 34.9. The van der Waals surface area contributed by atoms with Gasteiger partial charge < -0.3 is 19.6 Å². The average molecular weight is 547 g/mol. The van der Waals surface area contributed by atoms with Gasteiger partial charge in [-0.15, -0.1) is 11.8 Å². The van der Waals surface area contributed by atoms with Crippen LogP contribution in [0.1, 0.15) is 80.1 Å². The number of nitrogens with zero attached hydrogens (tertiary/aromatic N) is 2. The number of fused-ring (bicyclic) bond motifs is 2. The Morgan fingerprint density at radius 3 is 2.45 bits per heavy atom. The van der Waals surface area contributed by atoms with Crippen LogP contribution in [-0.2, 0) is 19.1 Å². The Labute approximate surface area is 232 Å².